The van der Waals surface area contributed by atoms with Crippen LogP contribution in [0.15, 0.2) is 11.6 Å². The zero-order chi connectivity index (χ0) is 20.3. The van der Waals surface area contributed by atoms with Gasteiger partial charge in [-0.15, -0.1) is 0 Å². The van der Waals surface area contributed by atoms with Crippen molar-refractivity contribution in [2.45, 2.75) is 84.8 Å². The molecule has 0 aromatic rings. The number of hydrogen-bond acceptors (Lipinski definition) is 5. The van der Waals surface area contributed by atoms with Crippen LogP contribution in [0.5, 0.6) is 0 Å². The zero-order valence-electron chi connectivity index (χ0n) is 17.9. The molecule has 3 fully saturated rings. The normalized spacial score (nSPS) is 43.1. The van der Waals surface area contributed by atoms with Gasteiger partial charge >= 0.3 is 11.9 Å². The molecule has 0 aromatic carbocycles. The fourth-order valence-electron chi connectivity index (χ4n) is 7.00. The molecule has 0 spiro atoms. The number of rotatable bonds is 2. The molecule has 0 saturated heterocycles. The fourth-order valence-corrected chi connectivity index (χ4v) is 7.00. The average Bonchev–Trinajstić information content (AvgIpc) is 2.90. The number of carbonyl (C=O) groups excluding carboxylic acids is 3. The van der Waals surface area contributed by atoms with Crippen LogP contribution >= 0.6 is 0 Å². The minimum Gasteiger partial charge on any atom is -0.462 e. The molecule has 0 aromatic heterocycles. The first-order chi connectivity index (χ1) is 13.1. The van der Waals surface area contributed by atoms with Crippen molar-refractivity contribution in [3.05, 3.63) is 11.6 Å². The minimum atomic E-state index is -0.280. The van der Waals surface area contributed by atoms with Crippen molar-refractivity contribution in [1.82, 2.24) is 0 Å². The van der Waals surface area contributed by atoms with Crippen LogP contribution in [0.4, 0.5) is 0 Å². The minimum absolute atomic E-state index is 0. The van der Waals surface area contributed by atoms with E-state index in [1.54, 1.807) is 0 Å². The number of Topliss-reactive ketones (excluding diaryl/α,β-unsaturated/α-hetero) is 1. The van der Waals surface area contributed by atoms with Gasteiger partial charge in [0.2, 0.25) is 0 Å². The summed E-state index contributed by atoms with van der Waals surface area (Å²) in [5.74, 6) is 0.762. The Morgan fingerprint density at radius 1 is 0.966 bits per heavy atom. The van der Waals surface area contributed by atoms with Crippen LogP contribution in [0.1, 0.15) is 72.6 Å². The van der Waals surface area contributed by atoms with Crippen LogP contribution in [-0.4, -0.2) is 29.9 Å². The topological polar surface area (TPSA) is 69.7 Å². The maximum Gasteiger partial charge on any atom is 0.303 e. The van der Waals surface area contributed by atoms with Gasteiger partial charge in [-0.05, 0) is 55.4 Å². The number of carbonyl (C=O) groups is 3. The van der Waals surface area contributed by atoms with Crippen molar-refractivity contribution in [2.75, 3.05) is 0 Å². The van der Waals surface area contributed by atoms with Gasteiger partial charge in [0.1, 0.15) is 18.0 Å². The van der Waals surface area contributed by atoms with Crippen LogP contribution in [-0.2, 0) is 42.4 Å². The predicted octanol–water partition coefficient (Wildman–Crippen LogP) is 3.99. The molecule has 6 heteroatoms. The second kappa shape index (κ2) is 7.88. The summed E-state index contributed by atoms with van der Waals surface area (Å²) in [4.78, 5) is 36.0. The average molecular weight is 439 g/mol. The van der Waals surface area contributed by atoms with Crippen LogP contribution in [0.3, 0.4) is 0 Å². The Hall–Kier alpha value is -1.07. The van der Waals surface area contributed by atoms with Crippen LogP contribution in [0.2, 0.25) is 0 Å². The molecule has 0 N–H and O–H groups in total. The summed E-state index contributed by atoms with van der Waals surface area (Å²) in [7, 11) is 0. The molecule has 0 heterocycles. The van der Waals surface area contributed by atoms with Crippen LogP contribution in [0, 0.1) is 28.6 Å². The third-order valence-corrected chi connectivity index (χ3v) is 8.41. The molecule has 0 amide bonds. The van der Waals surface area contributed by atoms with Gasteiger partial charge in [0.15, 0.2) is 0 Å². The van der Waals surface area contributed by atoms with E-state index in [-0.39, 0.29) is 65.4 Å². The second-order valence-electron chi connectivity index (χ2n) is 9.87. The standard InChI is InChI=1S/C23H32O5.V/c1-13(24)27-16-7-9-22(3)15(11-16)12-19(28-14(2)25)21-17-5-6-20(26)23(17,4)10-8-18(21)22;/h12,16-19,21H,5-11H2,1-4H3;/t16-,17?,18?,19-,21?,22-,23-;/m0./s1. The van der Waals surface area contributed by atoms with E-state index < -0.39 is 0 Å². The summed E-state index contributed by atoms with van der Waals surface area (Å²) in [6.07, 6.45) is 7.82. The van der Waals surface area contributed by atoms with Crippen LogP contribution in [0.25, 0.3) is 0 Å². The summed E-state index contributed by atoms with van der Waals surface area (Å²) in [6, 6.07) is 0. The molecular weight excluding hydrogens is 407 g/mol. The smallest absolute Gasteiger partial charge is 0.303 e. The Balaban J connectivity index is 0.00000240. The molecule has 4 aliphatic carbocycles. The zero-order valence-corrected chi connectivity index (χ0v) is 19.3. The van der Waals surface area contributed by atoms with Gasteiger partial charge in [-0.2, -0.15) is 0 Å². The summed E-state index contributed by atoms with van der Waals surface area (Å²) in [6.45, 7) is 7.39. The van der Waals surface area contributed by atoms with Crippen molar-refractivity contribution in [2.24, 2.45) is 28.6 Å². The quantitative estimate of drug-likeness (QED) is 0.481. The Morgan fingerprint density at radius 3 is 2.24 bits per heavy atom. The van der Waals surface area contributed by atoms with E-state index in [0.717, 1.165) is 38.5 Å². The molecular formula is C23H32O5V. The second-order valence-corrected chi connectivity index (χ2v) is 9.87. The first kappa shape index (κ1) is 22.6. The molecule has 159 valence electrons. The monoisotopic (exact) mass is 439 g/mol. The SMILES string of the molecule is CC(=O)O[C@H]1CC[C@@]2(C)C(=C[C@H](OC(C)=O)C3C2CC[C@]2(C)C(=O)CCC32)C1.[V]. The van der Waals surface area contributed by atoms with E-state index in [2.05, 4.69) is 19.9 Å². The first-order valence-corrected chi connectivity index (χ1v) is 10.7. The molecule has 4 aliphatic rings. The molecule has 29 heavy (non-hydrogen) atoms. The van der Waals surface area contributed by atoms with Crippen LogP contribution < -0.4 is 0 Å². The third kappa shape index (κ3) is 3.63. The molecule has 1 radical (unpaired) electrons. The van der Waals surface area contributed by atoms with E-state index in [0.29, 0.717) is 18.1 Å². The molecule has 0 bridgehead atoms. The third-order valence-electron chi connectivity index (χ3n) is 8.41. The Labute approximate surface area is 185 Å². The number of esters is 2. The summed E-state index contributed by atoms with van der Waals surface area (Å²) >= 11 is 0. The molecule has 3 unspecified atom stereocenters. The van der Waals surface area contributed by atoms with Crippen molar-refractivity contribution in [1.29, 1.82) is 0 Å². The molecule has 3 saturated carbocycles. The number of ether oxygens (including phenoxy) is 2. The van der Waals surface area contributed by atoms with Gasteiger partial charge in [-0.1, -0.05) is 19.4 Å². The van der Waals surface area contributed by atoms with Gasteiger partial charge in [-0.25, -0.2) is 0 Å². The van der Waals surface area contributed by atoms with Gasteiger partial charge in [0, 0.05) is 56.6 Å². The largest absolute Gasteiger partial charge is 0.462 e. The van der Waals surface area contributed by atoms with Crippen molar-refractivity contribution >= 4 is 17.7 Å². The van der Waals surface area contributed by atoms with E-state index >= 15 is 0 Å². The molecule has 0 aliphatic heterocycles. The predicted molar refractivity (Wildman–Crippen MR) is 103 cm³/mol. The molecule has 5 nitrogen and oxygen atoms in total. The molecule has 4 rings (SSSR count). The maximum atomic E-state index is 12.7. The van der Waals surface area contributed by atoms with Gasteiger partial charge in [-0.3, -0.25) is 14.4 Å². The van der Waals surface area contributed by atoms with Crippen molar-refractivity contribution < 1.29 is 42.4 Å². The van der Waals surface area contributed by atoms with E-state index in [1.165, 1.54) is 19.4 Å². The van der Waals surface area contributed by atoms with Gasteiger partial charge in [0.05, 0.1) is 0 Å². The molecule has 7 atom stereocenters. The summed E-state index contributed by atoms with van der Waals surface area (Å²) in [5, 5.41) is 0. The number of ketones is 1. The van der Waals surface area contributed by atoms with Crippen molar-refractivity contribution in [3.63, 3.8) is 0 Å². The number of fused-ring (bicyclic) bond motifs is 5. The Bertz CT molecular complexity index is 746. The van der Waals surface area contributed by atoms with Gasteiger partial charge in [0.25, 0.3) is 0 Å². The summed E-state index contributed by atoms with van der Waals surface area (Å²) in [5.41, 5.74) is 1.03. The Kier molecular flexibility index (Phi) is 6.15. The van der Waals surface area contributed by atoms with E-state index in [9.17, 15) is 14.4 Å². The first-order valence-electron chi connectivity index (χ1n) is 10.7. The number of hydrogen-bond donors (Lipinski definition) is 0. The van der Waals surface area contributed by atoms with E-state index in [4.69, 9.17) is 9.47 Å². The fraction of sp³-hybridized carbons (Fsp3) is 0.783. The van der Waals surface area contributed by atoms with Crippen molar-refractivity contribution in [3.8, 4) is 0 Å². The summed E-state index contributed by atoms with van der Waals surface area (Å²) < 4.78 is 11.3. The van der Waals surface area contributed by atoms with E-state index in [1.807, 2.05) is 0 Å². The van der Waals surface area contributed by atoms with Gasteiger partial charge < -0.3 is 9.47 Å². The maximum absolute atomic E-state index is 12.7. The Morgan fingerprint density at radius 2 is 1.59 bits per heavy atom.